The van der Waals surface area contributed by atoms with Crippen molar-refractivity contribution < 1.29 is 13.9 Å². The summed E-state index contributed by atoms with van der Waals surface area (Å²) in [6.07, 6.45) is 1.59. The van der Waals surface area contributed by atoms with Crippen LogP contribution in [0.4, 0.5) is 5.00 Å². The molecular weight excluding hydrogens is 446 g/mol. The average Bonchev–Trinajstić information content (AvgIpc) is 3.52. The zero-order chi connectivity index (χ0) is 22.5. The van der Waals surface area contributed by atoms with Crippen molar-refractivity contribution >= 4 is 34.1 Å². The van der Waals surface area contributed by atoms with Crippen LogP contribution in [0.1, 0.15) is 33.3 Å². The van der Waals surface area contributed by atoms with Crippen molar-refractivity contribution in [2.75, 3.05) is 12.3 Å². The molecule has 0 saturated carbocycles. The SMILES string of the molecule is CCOC(=O)c1sc(N)c(C#N)c1CSc1nnc(-c2ccco2)n1Cc1ccccc1. The van der Waals surface area contributed by atoms with Gasteiger partial charge >= 0.3 is 5.97 Å². The molecule has 4 aromatic rings. The normalized spacial score (nSPS) is 10.8. The Labute approximate surface area is 192 Å². The second-order valence-corrected chi connectivity index (χ2v) is 8.62. The number of anilines is 1. The fraction of sp³-hybridized carbons (Fsp3) is 0.182. The summed E-state index contributed by atoms with van der Waals surface area (Å²) in [6, 6.07) is 15.7. The minimum Gasteiger partial charge on any atom is -0.462 e. The van der Waals surface area contributed by atoms with Crippen LogP contribution in [0.25, 0.3) is 11.6 Å². The molecule has 3 aromatic heterocycles. The smallest absolute Gasteiger partial charge is 0.348 e. The van der Waals surface area contributed by atoms with Crippen molar-refractivity contribution in [2.45, 2.75) is 24.4 Å². The number of benzene rings is 1. The third-order valence-electron chi connectivity index (χ3n) is 4.59. The summed E-state index contributed by atoms with van der Waals surface area (Å²) in [5.74, 6) is 1.03. The van der Waals surface area contributed by atoms with E-state index in [0.717, 1.165) is 16.9 Å². The zero-order valence-corrected chi connectivity index (χ0v) is 18.8. The summed E-state index contributed by atoms with van der Waals surface area (Å²) < 4.78 is 12.6. The molecule has 4 rings (SSSR count). The molecule has 0 spiro atoms. The summed E-state index contributed by atoms with van der Waals surface area (Å²) in [7, 11) is 0. The topological polar surface area (TPSA) is 120 Å². The first-order valence-corrected chi connectivity index (χ1v) is 11.5. The highest BCUT2D eigenvalue weighted by Crippen LogP contribution is 2.36. The van der Waals surface area contributed by atoms with Gasteiger partial charge in [0, 0.05) is 11.3 Å². The molecule has 0 fully saturated rings. The molecule has 32 heavy (non-hydrogen) atoms. The van der Waals surface area contributed by atoms with E-state index in [-0.39, 0.29) is 6.61 Å². The molecule has 0 aliphatic heterocycles. The van der Waals surface area contributed by atoms with Crippen LogP contribution in [-0.4, -0.2) is 27.3 Å². The van der Waals surface area contributed by atoms with E-state index in [2.05, 4.69) is 16.3 Å². The molecule has 0 saturated heterocycles. The van der Waals surface area contributed by atoms with Crippen molar-refractivity contribution in [2.24, 2.45) is 0 Å². The number of nitrogen functional groups attached to an aromatic ring is 1. The average molecular weight is 466 g/mol. The van der Waals surface area contributed by atoms with E-state index in [4.69, 9.17) is 14.9 Å². The molecule has 0 amide bonds. The highest BCUT2D eigenvalue weighted by molar-refractivity contribution is 7.98. The summed E-state index contributed by atoms with van der Waals surface area (Å²) >= 11 is 2.44. The van der Waals surface area contributed by atoms with Gasteiger partial charge in [0.15, 0.2) is 10.9 Å². The number of rotatable bonds is 8. The van der Waals surface area contributed by atoms with Crippen LogP contribution in [0, 0.1) is 11.3 Å². The lowest BCUT2D eigenvalue weighted by Gasteiger charge is -2.10. The Morgan fingerprint density at radius 2 is 2.09 bits per heavy atom. The molecule has 8 nitrogen and oxygen atoms in total. The van der Waals surface area contributed by atoms with E-state index in [0.29, 0.717) is 50.0 Å². The maximum absolute atomic E-state index is 12.4. The fourth-order valence-electron chi connectivity index (χ4n) is 3.14. The number of aromatic nitrogens is 3. The van der Waals surface area contributed by atoms with Crippen LogP contribution in [0.3, 0.4) is 0 Å². The summed E-state index contributed by atoms with van der Waals surface area (Å²) in [6.45, 7) is 2.51. The Kier molecular flexibility index (Phi) is 6.58. The number of furan rings is 1. The number of thioether (sulfide) groups is 1. The molecule has 162 valence electrons. The Balaban J connectivity index is 1.67. The van der Waals surface area contributed by atoms with Gasteiger partial charge in [-0.15, -0.1) is 21.5 Å². The van der Waals surface area contributed by atoms with Gasteiger partial charge in [-0.1, -0.05) is 42.1 Å². The van der Waals surface area contributed by atoms with Crippen LogP contribution >= 0.6 is 23.1 Å². The maximum Gasteiger partial charge on any atom is 0.348 e. The minimum absolute atomic E-state index is 0.239. The molecule has 3 heterocycles. The van der Waals surface area contributed by atoms with Crippen LogP contribution < -0.4 is 5.73 Å². The van der Waals surface area contributed by atoms with E-state index < -0.39 is 5.97 Å². The number of carbonyl (C=O) groups excluding carboxylic acids is 1. The van der Waals surface area contributed by atoms with Crippen molar-refractivity contribution in [1.29, 1.82) is 5.26 Å². The molecule has 0 unspecified atom stereocenters. The summed E-state index contributed by atoms with van der Waals surface area (Å²) in [5.41, 5.74) is 7.91. The quantitative estimate of drug-likeness (QED) is 0.297. The minimum atomic E-state index is -0.483. The molecule has 0 aliphatic carbocycles. The van der Waals surface area contributed by atoms with E-state index >= 15 is 0 Å². The van der Waals surface area contributed by atoms with Gasteiger partial charge in [0.25, 0.3) is 0 Å². The fourth-order valence-corrected chi connectivity index (χ4v) is 5.12. The molecule has 2 N–H and O–H groups in total. The molecular formula is C22H19N5O3S2. The number of hydrogen-bond donors (Lipinski definition) is 1. The second-order valence-electron chi connectivity index (χ2n) is 6.63. The Hall–Kier alpha value is -3.55. The lowest BCUT2D eigenvalue weighted by Crippen LogP contribution is -2.06. The number of nitrogens with two attached hydrogens (primary N) is 1. The lowest BCUT2D eigenvalue weighted by molar-refractivity contribution is 0.0531. The van der Waals surface area contributed by atoms with E-state index in [1.807, 2.05) is 41.0 Å². The predicted molar refractivity (Wildman–Crippen MR) is 122 cm³/mol. The monoisotopic (exact) mass is 465 g/mol. The molecule has 0 aliphatic rings. The van der Waals surface area contributed by atoms with Gasteiger partial charge < -0.3 is 14.9 Å². The van der Waals surface area contributed by atoms with E-state index in [1.165, 1.54) is 11.8 Å². The summed E-state index contributed by atoms with van der Waals surface area (Å²) in [4.78, 5) is 12.7. The Morgan fingerprint density at radius 3 is 2.78 bits per heavy atom. The van der Waals surface area contributed by atoms with Crippen molar-refractivity contribution in [1.82, 2.24) is 14.8 Å². The number of nitriles is 1. The molecule has 10 heteroatoms. The number of ether oxygens (including phenoxy) is 1. The molecule has 0 atom stereocenters. The predicted octanol–water partition coefficient (Wildman–Crippen LogP) is 4.57. The van der Waals surface area contributed by atoms with Crippen LogP contribution in [0.2, 0.25) is 0 Å². The van der Waals surface area contributed by atoms with E-state index in [9.17, 15) is 10.1 Å². The molecule has 0 radical (unpaired) electrons. The lowest BCUT2D eigenvalue weighted by atomic mass is 10.2. The highest BCUT2D eigenvalue weighted by atomic mass is 32.2. The third kappa shape index (κ3) is 4.39. The van der Waals surface area contributed by atoms with Crippen molar-refractivity contribution in [3.63, 3.8) is 0 Å². The van der Waals surface area contributed by atoms with Gasteiger partial charge in [-0.25, -0.2) is 4.79 Å². The van der Waals surface area contributed by atoms with Gasteiger partial charge in [-0.3, -0.25) is 4.57 Å². The Morgan fingerprint density at radius 1 is 1.28 bits per heavy atom. The van der Waals surface area contributed by atoms with Crippen LogP contribution in [-0.2, 0) is 17.0 Å². The number of thiophene rings is 1. The first kappa shape index (κ1) is 21.7. The second kappa shape index (κ2) is 9.72. The van der Waals surface area contributed by atoms with E-state index in [1.54, 1.807) is 19.3 Å². The van der Waals surface area contributed by atoms with Gasteiger partial charge in [-0.05, 0) is 24.6 Å². The van der Waals surface area contributed by atoms with Crippen molar-refractivity contribution in [3.05, 3.63) is 70.3 Å². The standard InChI is InChI=1S/C22H19N5O3S2/c1-2-29-21(28)18-16(15(11-23)19(24)32-18)13-31-22-26-25-20(17-9-6-10-30-17)27(22)12-14-7-4-3-5-8-14/h3-10H,2,12-13,24H2,1H3. The molecule has 0 bridgehead atoms. The third-order valence-corrected chi connectivity index (χ3v) is 6.63. The largest absolute Gasteiger partial charge is 0.462 e. The number of carbonyl (C=O) groups is 1. The van der Waals surface area contributed by atoms with Gasteiger partial charge in [0.2, 0.25) is 5.82 Å². The highest BCUT2D eigenvalue weighted by Gasteiger charge is 2.24. The van der Waals surface area contributed by atoms with Crippen LogP contribution in [0.5, 0.6) is 0 Å². The Bertz CT molecular complexity index is 1260. The van der Waals surface area contributed by atoms with Gasteiger partial charge in [-0.2, -0.15) is 5.26 Å². The van der Waals surface area contributed by atoms with Gasteiger partial charge in [0.05, 0.1) is 25.0 Å². The van der Waals surface area contributed by atoms with Gasteiger partial charge in [0.1, 0.15) is 15.9 Å². The molecule has 1 aromatic carbocycles. The van der Waals surface area contributed by atoms with Crippen molar-refractivity contribution in [3.8, 4) is 17.7 Å². The first-order valence-electron chi connectivity index (χ1n) is 9.74. The van der Waals surface area contributed by atoms with Crippen LogP contribution in [0.15, 0.2) is 58.3 Å². The summed E-state index contributed by atoms with van der Waals surface area (Å²) in [5, 5.41) is 19.2. The number of hydrogen-bond acceptors (Lipinski definition) is 9. The number of esters is 1. The number of nitrogens with zero attached hydrogens (tertiary/aromatic N) is 4. The zero-order valence-electron chi connectivity index (χ0n) is 17.1. The maximum atomic E-state index is 12.4. The first-order chi connectivity index (χ1) is 15.6.